The van der Waals surface area contributed by atoms with E-state index in [1.165, 1.54) is 0 Å². The molecule has 6 nitrogen and oxygen atoms in total. The molecule has 0 amide bonds. The zero-order valence-electron chi connectivity index (χ0n) is 42.3. The Balaban J connectivity index is 0.000000165. The smallest absolute Gasteiger partial charge is 0.361 e. The number of hydrogen-bond donors (Lipinski definition) is 0. The molecule has 0 atom stereocenters. The lowest BCUT2D eigenvalue weighted by atomic mass is 10.0. The van der Waals surface area contributed by atoms with Gasteiger partial charge >= 0.3 is 23.0 Å². The molecule has 0 aliphatic carbocycles. The highest BCUT2D eigenvalue weighted by Crippen LogP contribution is 2.37. The van der Waals surface area contributed by atoms with Crippen molar-refractivity contribution in [3.63, 3.8) is 0 Å². The molecule has 2 aliphatic heterocycles. The molecule has 10 aromatic rings. The van der Waals surface area contributed by atoms with Crippen LogP contribution < -0.4 is 10.0 Å². The Hall–Kier alpha value is -9.99. The van der Waals surface area contributed by atoms with Gasteiger partial charge in [0.25, 0.3) is 0 Å². The van der Waals surface area contributed by atoms with Crippen LogP contribution in [0.25, 0.3) is 80.5 Å². The van der Waals surface area contributed by atoms with Crippen LogP contribution >= 0.6 is 0 Å². The third kappa shape index (κ3) is 13.8. The van der Waals surface area contributed by atoms with Crippen molar-refractivity contribution >= 4 is 42.6 Å². The normalized spacial score (nSPS) is 12.5. The van der Waals surface area contributed by atoms with Crippen molar-refractivity contribution in [1.82, 2.24) is 0 Å². The SMILES string of the molecule is C(=C1C=C(c2ccccc2)OC(c2ccccc2)=C1)c1cc(-c2ccccc2)[o+]c(-c2ccccc2)c1.C(=C1C=C(c2ccccc2)OC(c2ccccc2)=C1)c1cc(-c2ccccc2)[o+]c(-c2ccccc2)c1.[O-]B([O-])F. The second kappa shape index (κ2) is 25.5. The number of halogens is 1. The zero-order chi connectivity index (χ0) is 53.3. The van der Waals surface area contributed by atoms with E-state index in [1.54, 1.807) is 0 Å². The molecule has 0 spiro atoms. The monoisotopic (exact) mass is 1020 g/mol. The summed E-state index contributed by atoms with van der Waals surface area (Å²) in [5, 5.41) is 16.6. The van der Waals surface area contributed by atoms with Crippen LogP contribution in [0.5, 0.6) is 0 Å². The molecule has 0 radical (unpaired) electrons. The molecule has 0 saturated heterocycles. The Morgan fingerprint density at radius 1 is 0.295 bits per heavy atom. The van der Waals surface area contributed by atoms with Gasteiger partial charge in [0.05, 0.1) is 46.5 Å². The number of ether oxygens (including phenoxy) is 2. The maximum atomic E-state index is 9.89. The topological polar surface area (TPSA) is 87.2 Å². The van der Waals surface area contributed by atoms with Crippen molar-refractivity contribution in [2.45, 2.75) is 0 Å². The van der Waals surface area contributed by atoms with E-state index < -0.39 is 7.40 Å². The van der Waals surface area contributed by atoms with E-state index in [2.05, 4.69) is 158 Å². The molecule has 0 bridgehead atoms. The van der Waals surface area contributed by atoms with E-state index in [-0.39, 0.29) is 0 Å². The van der Waals surface area contributed by atoms with Crippen LogP contribution in [-0.2, 0) is 9.47 Å². The fourth-order valence-electron chi connectivity index (χ4n) is 8.76. The highest BCUT2D eigenvalue weighted by Gasteiger charge is 2.23. The molecule has 8 aromatic carbocycles. The largest absolute Gasteiger partial charge is 0.867 e. The zero-order valence-corrected chi connectivity index (χ0v) is 42.3. The van der Waals surface area contributed by atoms with E-state index in [0.717, 1.165) is 113 Å². The molecule has 12 rings (SSSR count). The molecule has 0 unspecified atom stereocenters. The third-order valence-corrected chi connectivity index (χ3v) is 12.4. The molecule has 2 aliphatic rings. The summed E-state index contributed by atoms with van der Waals surface area (Å²) in [7, 11) is -3.17. The van der Waals surface area contributed by atoms with Gasteiger partial charge in [-0.05, 0) is 107 Å². The average molecular weight is 1020 g/mol. The molecular weight excluding hydrogens is 967 g/mol. The lowest BCUT2D eigenvalue weighted by Crippen LogP contribution is -2.39. The second-order valence-corrected chi connectivity index (χ2v) is 18.0. The van der Waals surface area contributed by atoms with Crippen LogP contribution in [0.15, 0.2) is 311 Å². The lowest BCUT2D eigenvalue weighted by molar-refractivity contribution is -0.366. The highest BCUT2D eigenvalue weighted by molar-refractivity contribution is 6.27. The van der Waals surface area contributed by atoms with Gasteiger partial charge in [-0.25, -0.2) is 8.83 Å². The van der Waals surface area contributed by atoms with Gasteiger partial charge in [0.1, 0.15) is 30.4 Å². The fourth-order valence-corrected chi connectivity index (χ4v) is 8.76. The molecule has 0 N–H and O–H groups in total. The molecule has 78 heavy (non-hydrogen) atoms. The van der Waals surface area contributed by atoms with Crippen molar-refractivity contribution in [1.29, 1.82) is 0 Å². The van der Waals surface area contributed by atoms with Gasteiger partial charge in [-0.3, -0.25) is 0 Å². The van der Waals surface area contributed by atoms with Crippen LogP contribution in [0.2, 0.25) is 0 Å². The summed E-state index contributed by atoms with van der Waals surface area (Å²) < 4.78 is 35.4. The second-order valence-electron chi connectivity index (χ2n) is 18.0. The summed E-state index contributed by atoms with van der Waals surface area (Å²) >= 11 is 0. The first-order chi connectivity index (χ1) is 38.4. The molecular formula is C70H50BFO6. The Bertz CT molecular complexity index is 3290. The molecule has 8 heteroatoms. The van der Waals surface area contributed by atoms with Crippen LogP contribution in [0.1, 0.15) is 33.4 Å². The van der Waals surface area contributed by atoms with Gasteiger partial charge in [0.15, 0.2) is 0 Å². The fraction of sp³-hybridized carbons (Fsp3) is 0. The predicted molar refractivity (Wildman–Crippen MR) is 311 cm³/mol. The Kier molecular flexibility index (Phi) is 16.8. The summed E-state index contributed by atoms with van der Waals surface area (Å²) in [6, 6.07) is 90.1. The quantitative estimate of drug-likeness (QED) is 0.100. The maximum absolute atomic E-state index is 9.89. The van der Waals surface area contributed by atoms with Gasteiger partial charge in [-0.1, -0.05) is 194 Å². The number of allylic oxidation sites excluding steroid dienone is 6. The summed E-state index contributed by atoms with van der Waals surface area (Å²) in [6.45, 7) is 0. The van der Waals surface area contributed by atoms with Crippen molar-refractivity contribution < 1.29 is 32.7 Å². The Morgan fingerprint density at radius 2 is 0.474 bits per heavy atom. The van der Waals surface area contributed by atoms with Crippen molar-refractivity contribution in [3.8, 4) is 45.3 Å². The summed E-state index contributed by atoms with van der Waals surface area (Å²) in [6.07, 6.45) is 12.7. The maximum Gasteiger partial charge on any atom is 0.361 e. The minimum Gasteiger partial charge on any atom is -0.867 e. The van der Waals surface area contributed by atoms with Crippen molar-refractivity contribution in [2.24, 2.45) is 0 Å². The standard InChI is InChI=1S/2C35H25O2.BFO2/c2*1-5-13-28(14-6-1)32-22-26(23-33(36-32)29-15-7-2-8-16-29)21-27-24-34(30-17-9-3-10-18-30)37-35(25-27)31-19-11-4-12-20-31;2-1(3)4/h2*1-25H;/q2*+1;-2. The van der Waals surface area contributed by atoms with E-state index in [9.17, 15) is 4.32 Å². The molecule has 376 valence electrons. The van der Waals surface area contributed by atoms with Crippen LogP contribution in [0.4, 0.5) is 4.32 Å². The number of hydrogen-bond acceptors (Lipinski definition) is 4. The Morgan fingerprint density at radius 3 is 0.667 bits per heavy atom. The van der Waals surface area contributed by atoms with Gasteiger partial charge in [0.2, 0.25) is 0 Å². The summed E-state index contributed by atoms with van der Waals surface area (Å²) in [5.41, 5.74) is 12.5. The highest BCUT2D eigenvalue weighted by atomic mass is 19.1. The first-order valence-corrected chi connectivity index (χ1v) is 25.4. The Labute approximate surface area is 454 Å². The van der Waals surface area contributed by atoms with Crippen LogP contribution in [0, 0.1) is 0 Å². The minimum atomic E-state index is -3.17. The molecule has 0 saturated carbocycles. The van der Waals surface area contributed by atoms with E-state index in [1.807, 2.05) is 146 Å². The number of rotatable bonds is 10. The first kappa shape index (κ1) is 51.5. The van der Waals surface area contributed by atoms with E-state index in [0.29, 0.717) is 0 Å². The van der Waals surface area contributed by atoms with Crippen molar-refractivity contribution in [3.05, 3.63) is 336 Å². The summed E-state index contributed by atoms with van der Waals surface area (Å²) in [4.78, 5) is 0. The van der Waals surface area contributed by atoms with E-state index >= 15 is 0 Å². The van der Waals surface area contributed by atoms with Crippen molar-refractivity contribution in [2.75, 3.05) is 0 Å². The first-order valence-electron chi connectivity index (χ1n) is 25.4. The van der Waals surface area contributed by atoms with E-state index in [4.69, 9.17) is 28.4 Å². The minimum absolute atomic E-state index is 0.820. The van der Waals surface area contributed by atoms with Gasteiger partial charge in [-0.15, -0.1) is 0 Å². The molecule has 4 heterocycles. The predicted octanol–water partition coefficient (Wildman–Crippen LogP) is 16.4. The summed E-state index contributed by atoms with van der Waals surface area (Å²) in [5.74, 6) is 6.56. The third-order valence-electron chi connectivity index (χ3n) is 12.4. The average Bonchev–Trinajstić information content (AvgIpc) is 3.51. The van der Waals surface area contributed by atoms with Crippen LogP contribution in [-0.4, -0.2) is 7.40 Å². The van der Waals surface area contributed by atoms with Gasteiger partial charge in [0, 0.05) is 22.3 Å². The lowest BCUT2D eigenvalue weighted by Gasteiger charge is -2.19. The number of benzene rings is 8. The molecule has 0 fully saturated rings. The van der Waals surface area contributed by atoms with Gasteiger partial charge < -0.3 is 23.8 Å². The molecule has 2 aromatic heterocycles. The van der Waals surface area contributed by atoms with Crippen LogP contribution in [0.3, 0.4) is 0 Å². The van der Waals surface area contributed by atoms with Gasteiger partial charge in [-0.2, -0.15) is 0 Å².